The van der Waals surface area contributed by atoms with Crippen LogP contribution in [-0.2, 0) is 0 Å². The molecule has 1 aromatic carbocycles. The Morgan fingerprint density at radius 3 is 2.76 bits per heavy atom. The van der Waals surface area contributed by atoms with Gasteiger partial charge in [0, 0.05) is 18.0 Å². The van der Waals surface area contributed by atoms with Crippen LogP contribution in [0.5, 0.6) is 0 Å². The predicted octanol–water partition coefficient (Wildman–Crippen LogP) is 3.17. The Labute approximate surface area is 144 Å². The van der Waals surface area contributed by atoms with E-state index in [9.17, 15) is 5.11 Å². The first-order chi connectivity index (χ1) is 12.3. The second kappa shape index (κ2) is 6.70. The van der Waals surface area contributed by atoms with Crippen molar-refractivity contribution in [2.24, 2.45) is 0 Å². The molecule has 4 rings (SSSR count). The van der Waals surface area contributed by atoms with Crippen LogP contribution in [0, 0.1) is 0 Å². The van der Waals surface area contributed by atoms with Gasteiger partial charge in [-0.3, -0.25) is 10.1 Å². The smallest absolute Gasteiger partial charge is 0.109 e. The molecule has 0 bridgehead atoms. The molecule has 1 unspecified atom stereocenters. The average molecular weight is 331 g/mol. The number of hydrogen-bond donors (Lipinski definition) is 3. The van der Waals surface area contributed by atoms with Gasteiger partial charge in [-0.25, -0.2) is 4.98 Å². The van der Waals surface area contributed by atoms with Crippen molar-refractivity contribution in [3.8, 4) is 11.3 Å². The lowest BCUT2D eigenvalue weighted by Gasteiger charge is -2.18. The van der Waals surface area contributed by atoms with E-state index in [0.717, 1.165) is 33.5 Å². The number of nitrogens with one attached hydrogen (secondary N) is 2. The minimum atomic E-state index is -0.192. The highest BCUT2D eigenvalue weighted by Crippen LogP contribution is 2.24. The van der Waals surface area contributed by atoms with Crippen LogP contribution in [0.2, 0.25) is 0 Å². The summed E-state index contributed by atoms with van der Waals surface area (Å²) >= 11 is 0. The molecule has 3 heterocycles. The third kappa shape index (κ3) is 3.20. The van der Waals surface area contributed by atoms with Crippen molar-refractivity contribution in [3.05, 3.63) is 72.7 Å². The van der Waals surface area contributed by atoms with Crippen LogP contribution in [0.4, 0.5) is 5.69 Å². The van der Waals surface area contributed by atoms with Crippen LogP contribution in [0.15, 0.2) is 67.1 Å². The van der Waals surface area contributed by atoms with E-state index in [-0.39, 0.29) is 12.6 Å². The van der Waals surface area contributed by atoms with Crippen LogP contribution in [0.25, 0.3) is 22.3 Å². The van der Waals surface area contributed by atoms with Crippen LogP contribution >= 0.6 is 0 Å². The van der Waals surface area contributed by atoms with Crippen LogP contribution < -0.4 is 5.32 Å². The number of benzene rings is 1. The molecule has 1 atom stereocenters. The van der Waals surface area contributed by atoms with Gasteiger partial charge in [-0.05, 0) is 23.8 Å². The van der Waals surface area contributed by atoms with Crippen molar-refractivity contribution in [1.29, 1.82) is 0 Å². The molecular weight excluding hydrogens is 314 g/mol. The zero-order valence-corrected chi connectivity index (χ0v) is 13.4. The van der Waals surface area contributed by atoms with E-state index in [0.29, 0.717) is 0 Å². The molecule has 6 heteroatoms. The first-order valence-electron chi connectivity index (χ1n) is 8.01. The van der Waals surface area contributed by atoms with Crippen molar-refractivity contribution >= 4 is 16.7 Å². The summed E-state index contributed by atoms with van der Waals surface area (Å²) < 4.78 is 0. The molecule has 124 valence electrons. The van der Waals surface area contributed by atoms with Gasteiger partial charge < -0.3 is 10.4 Å². The molecule has 3 aromatic heterocycles. The molecule has 6 nitrogen and oxygen atoms in total. The van der Waals surface area contributed by atoms with Gasteiger partial charge >= 0.3 is 0 Å². The number of pyridine rings is 2. The molecule has 3 N–H and O–H groups in total. The standard InChI is InChI=1S/C19H17N5O/c25-12-19(13-4-2-1-3-5-13)22-15-8-14(9-20-10-15)16-6-7-17-18(23-16)11-21-24-17/h1-11,19,22,25H,12H2,(H,21,24). The normalized spacial score (nSPS) is 12.2. The van der Waals surface area contributed by atoms with E-state index < -0.39 is 0 Å². The Hall–Kier alpha value is -3.25. The summed E-state index contributed by atoms with van der Waals surface area (Å²) in [5, 5.41) is 19.9. The van der Waals surface area contributed by atoms with Gasteiger partial charge in [0.05, 0.1) is 35.7 Å². The van der Waals surface area contributed by atoms with Crippen molar-refractivity contribution in [3.63, 3.8) is 0 Å². The third-order valence-electron chi connectivity index (χ3n) is 4.06. The number of hydrogen-bond acceptors (Lipinski definition) is 5. The van der Waals surface area contributed by atoms with Gasteiger partial charge in [-0.2, -0.15) is 5.10 Å². The minimum Gasteiger partial charge on any atom is -0.394 e. The summed E-state index contributed by atoms with van der Waals surface area (Å²) in [4.78, 5) is 8.90. The van der Waals surface area contributed by atoms with Gasteiger partial charge in [0.25, 0.3) is 0 Å². The van der Waals surface area contributed by atoms with E-state index in [2.05, 4.69) is 25.5 Å². The Bertz CT molecular complexity index is 983. The van der Waals surface area contributed by atoms with E-state index in [1.807, 2.05) is 48.5 Å². The molecule has 0 spiro atoms. The lowest BCUT2D eigenvalue weighted by molar-refractivity contribution is 0.276. The summed E-state index contributed by atoms with van der Waals surface area (Å²) in [5.41, 5.74) is 5.29. The average Bonchev–Trinajstić information content (AvgIpc) is 3.15. The number of fused-ring (bicyclic) bond motifs is 1. The Kier molecular flexibility index (Phi) is 4.10. The molecule has 0 radical (unpaired) electrons. The predicted molar refractivity (Wildman–Crippen MR) is 97.0 cm³/mol. The molecule has 0 saturated heterocycles. The lowest BCUT2D eigenvalue weighted by Crippen LogP contribution is -2.14. The van der Waals surface area contributed by atoms with Crippen LogP contribution in [0.1, 0.15) is 11.6 Å². The van der Waals surface area contributed by atoms with Crippen molar-refractivity contribution in [2.45, 2.75) is 6.04 Å². The quantitative estimate of drug-likeness (QED) is 0.523. The van der Waals surface area contributed by atoms with Crippen molar-refractivity contribution in [1.82, 2.24) is 20.2 Å². The number of aliphatic hydroxyl groups is 1. The fourth-order valence-electron chi connectivity index (χ4n) is 2.77. The SMILES string of the molecule is OCC(Nc1cncc(-c2ccc3[nH]ncc3n2)c1)c1ccccc1. The van der Waals surface area contributed by atoms with E-state index in [1.54, 1.807) is 18.6 Å². The summed E-state index contributed by atoms with van der Waals surface area (Å²) in [5.74, 6) is 0. The molecule has 0 aliphatic heterocycles. The highest BCUT2D eigenvalue weighted by molar-refractivity contribution is 5.77. The molecule has 0 saturated carbocycles. The topological polar surface area (TPSA) is 86.7 Å². The molecule has 0 amide bonds. The van der Waals surface area contributed by atoms with Crippen molar-refractivity contribution in [2.75, 3.05) is 11.9 Å². The van der Waals surface area contributed by atoms with E-state index >= 15 is 0 Å². The fraction of sp³-hybridized carbons (Fsp3) is 0.105. The highest BCUT2D eigenvalue weighted by Gasteiger charge is 2.11. The summed E-state index contributed by atoms with van der Waals surface area (Å²) in [6, 6.07) is 15.5. The van der Waals surface area contributed by atoms with Gasteiger partial charge in [0.2, 0.25) is 0 Å². The number of anilines is 1. The van der Waals surface area contributed by atoms with Gasteiger partial charge in [0.15, 0.2) is 0 Å². The Morgan fingerprint density at radius 1 is 1.04 bits per heavy atom. The number of aromatic amines is 1. The largest absolute Gasteiger partial charge is 0.394 e. The van der Waals surface area contributed by atoms with Crippen LogP contribution in [-0.4, -0.2) is 31.9 Å². The number of aromatic nitrogens is 4. The molecule has 25 heavy (non-hydrogen) atoms. The number of nitrogens with zero attached hydrogens (tertiary/aromatic N) is 3. The fourth-order valence-corrected chi connectivity index (χ4v) is 2.77. The summed E-state index contributed by atoms with van der Waals surface area (Å²) in [6.07, 6.45) is 5.22. The molecule has 0 fully saturated rings. The van der Waals surface area contributed by atoms with Crippen LogP contribution in [0.3, 0.4) is 0 Å². The zero-order chi connectivity index (χ0) is 17.1. The Morgan fingerprint density at radius 2 is 1.92 bits per heavy atom. The number of rotatable bonds is 5. The summed E-state index contributed by atoms with van der Waals surface area (Å²) in [6.45, 7) is -0.00648. The Balaban J connectivity index is 1.62. The molecule has 0 aliphatic carbocycles. The lowest BCUT2D eigenvalue weighted by atomic mass is 10.1. The zero-order valence-electron chi connectivity index (χ0n) is 13.4. The maximum absolute atomic E-state index is 9.72. The minimum absolute atomic E-state index is 0.00648. The molecule has 4 aromatic rings. The highest BCUT2D eigenvalue weighted by atomic mass is 16.3. The van der Waals surface area contributed by atoms with Gasteiger partial charge in [-0.1, -0.05) is 30.3 Å². The third-order valence-corrected chi connectivity index (χ3v) is 4.06. The number of aliphatic hydroxyl groups excluding tert-OH is 1. The maximum atomic E-state index is 9.72. The summed E-state index contributed by atoms with van der Waals surface area (Å²) in [7, 11) is 0. The van der Waals surface area contributed by atoms with Gasteiger partial charge in [0.1, 0.15) is 5.52 Å². The first kappa shape index (κ1) is 15.3. The monoisotopic (exact) mass is 331 g/mol. The second-order valence-corrected chi connectivity index (χ2v) is 5.75. The van der Waals surface area contributed by atoms with Gasteiger partial charge in [-0.15, -0.1) is 0 Å². The second-order valence-electron chi connectivity index (χ2n) is 5.75. The number of H-pyrrole nitrogens is 1. The van der Waals surface area contributed by atoms with E-state index in [4.69, 9.17) is 0 Å². The van der Waals surface area contributed by atoms with Crippen molar-refractivity contribution < 1.29 is 5.11 Å². The van der Waals surface area contributed by atoms with E-state index in [1.165, 1.54) is 0 Å². The first-order valence-corrected chi connectivity index (χ1v) is 8.01. The molecule has 0 aliphatic rings. The molecular formula is C19H17N5O. The maximum Gasteiger partial charge on any atom is 0.109 e.